The van der Waals surface area contributed by atoms with Crippen LogP contribution in [0.4, 0.5) is 13.2 Å². The summed E-state index contributed by atoms with van der Waals surface area (Å²) in [5.74, 6) is 0. The van der Waals surface area contributed by atoms with Gasteiger partial charge in [-0.25, -0.2) is 0 Å². The molecule has 0 saturated heterocycles. The van der Waals surface area contributed by atoms with Gasteiger partial charge in [0, 0.05) is 6.04 Å². The second kappa shape index (κ2) is 3.38. The molecule has 1 rings (SSSR count). The fourth-order valence-electron chi connectivity index (χ4n) is 0.918. The summed E-state index contributed by atoms with van der Waals surface area (Å²) in [6.07, 6.45) is -4.48. The van der Waals surface area contributed by atoms with E-state index in [1.807, 2.05) is 0 Å². The quantitative estimate of drug-likeness (QED) is 0.723. The van der Waals surface area contributed by atoms with Gasteiger partial charge in [0.15, 0.2) is 0 Å². The molecule has 0 spiro atoms. The van der Waals surface area contributed by atoms with E-state index in [-0.39, 0.29) is 5.56 Å². The molecule has 0 heterocycles. The smallest absolute Gasteiger partial charge is 0.324 e. The van der Waals surface area contributed by atoms with Crippen LogP contribution in [0.2, 0.25) is 0 Å². The average molecular weight is 190 g/mol. The van der Waals surface area contributed by atoms with E-state index in [2.05, 4.69) is 0 Å². The van der Waals surface area contributed by atoms with Crippen molar-refractivity contribution in [2.45, 2.75) is 19.1 Å². The Morgan fingerprint density at radius 1 is 1.46 bits per heavy atom. The topological polar surface area (TPSA) is 26.0 Å². The summed E-state index contributed by atoms with van der Waals surface area (Å²) in [4.78, 5) is 0. The first-order chi connectivity index (χ1) is 6.34. The van der Waals surface area contributed by atoms with Gasteiger partial charge in [-0.3, -0.25) is 0 Å². The van der Waals surface area contributed by atoms with Crippen molar-refractivity contribution in [3.8, 4) is 0 Å². The maximum Gasteiger partial charge on any atom is 0.416 e. The van der Waals surface area contributed by atoms with Crippen molar-refractivity contribution in [2.75, 3.05) is 0 Å². The van der Waals surface area contributed by atoms with E-state index in [0.717, 1.165) is 6.07 Å². The van der Waals surface area contributed by atoms with Gasteiger partial charge in [-0.05, 0) is 24.6 Å². The summed E-state index contributed by atoms with van der Waals surface area (Å²) >= 11 is 0. The summed E-state index contributed by atoms with van der Waals surface area (Å²) in [5, 5.41) is 0. The Labute approximate surface area is 75.8 Å². The molecule has 1 unspecified atom stereocenters. The summed E-state index contributed by atoms with van der Waals surface area (Å²) in [6.45, 7) is 1.55. The number of nitrogens with two attached hydrogens (primary N) is 1. The van der Waals surface area contributed by atoms with E-state index in [1.54, 1.807) is 6.92 Å². The Kier molecular flexibility index (Phi) is 2.22. The van der Waals surface area contributed by atoms with Crippen LogP contribution in [0, 0.1) is 0 Å². The molecule has 13 heavy (non-hydrogen) atoms. The Morgan fingerprint density at radius 2 is 2.08 bits per heavy atom. The zero-order valence-corrected chi connectivity index (χ0v) is 7.02. The van der Waals surface area contributed by atoms with Crippen molar-refractivity contribution in [3.63, 3.8) is 0 Å². The number of halogens is 3. The van der Waals surface area contributed by atoms with Gasteiger partial charge in [-0.1, -0.05) is 12.1 Å². The van der Waals surface area contributed by atoms with Gasteiger partial charge in [0.25, 0.3) is 0 Å². The van der Waals surface area contributed by atoms with Crippen molar-refractivity contribution < 1.29 is 14.5 Å². The first-order valence-corrected chi connectivity index (χ1v) is 3.76. The van der Waals surface area contributed by atoms with E-state index in [0.29, 0.717) is 0 Å². The predicted octanol–water partition coefficient (Wildman–Crippen LogP) is 2.73. The molecule has 0 bridgehead atoms. The maximum atomic E-state index is 12.3. The third-order valence-corrected chi connectivity index (χ3v) is 1.61. The van der Waals surface area contributed by atoms with Crippen molar-refractivity contribution in [1.82, 2.24) is 0 Å². The number of hydrogen-bond acceptors (Lipinski definition) is 1. The molecule has 0 saturated carbocycles. The van der Waals surface area contributed by atoms with Crippen molar-refractivity contribution in [3.05, 3.63) is 35.4 Å². The molecule has 0 fully saturated rings. The second-order valence-electron chi connectivity index (χ2n) is 2.81. The van der Waals surface area contributed by atoms with E-state index in [1.165, 1.54) is 12.1 Å². The summed E-state index contributed by atoms with van der Waals surface area (Å²) in [7, 11) is 0. The highest BCUT2D eigenvalue weighted by Gasteiger charge is 2.30. The van der Waals surface area contributed by atoms with E-state index >= 15 is 0 Å². The Hall–Kier alpha value is -1.03. The van der Waals surface area contributed by atoms with Crippen LogP contribution in [-0.4, -0.2) is 0 Å². The summed E-state index contributed by atoms with van der Waals surface area (Å²) in [5.41, 5.74) is 4.71. The molecule has 0 aliphatic carbocycles. The van der Waals surface area contributed by atoms with Crippen LogP contribution >= 0.6 is 0 Å². The Morgan fingerprint density at radius 3 is 2.54 bits per heavy atom. The van der Waals surface area contributed by atoms with Gasteiger partial charge in [0.05, 0.1) is 6.93 Å². The fourth-order valence-corrected chi connectivity index (χ4v) is 0.918. The standard InChI is InChI=1S/C9H10F3N/c1-6(13)7-3-2-4-8(5-7)9(10,11)12/h2-6H,13H2,1H3/i5D. The first kappa shape index (κ1) is 8.56. The molecule has 1 nitrogen and oxygen atoms in total. The molecule has 0 radical (unpaired) electrons. The molecular weight excluding hydrogens is 179 g/mol. The molecule has 0 aliphatic rings. The molecule has 4 heteroatoms. The summed E-state index contributed by atoms with van der Waals surface area (Å²) in [6, 6.07) is 2.48. The molecule has 0 amide bonds. The zero-order chi connectivity index (χ0) is 10.9. The van der Waals surface area contributed by atoms with Gasteiger partial charge in [-0.2, -0.15) is 13.2 Å². The highest BCUT2D eigenvalue weighted by atomic mass is 19.4. The van der Waals surface area contributed by atoms with Crippen LogP contribution in [0.3, 0.4) is 0 Å². The van der Waals surface area contributed by atoms with Gasteiger partial charge in [-0.15, -0.1) is 0 Å². The minimum Gasteiger partial charge on any atom is -0.324 e. The highest BCUT2D eigenvalue weighted by Crippen LogP contribution is 2.30. The molecule has 1 aromatic rings. The van der Waals surface area contributed by atoms with Crippen LogP contribution in [0.15, 0.2) is 24.2 Å². The monoisotopic (exact) mass is 190 g/mol. The number of rotatable bonds is 1. The average Bonchev–Trinajstić information content (AvgIpc) is 2.01. The number of benzene rings is 1. The minimum absolute atomic E-state index is 0.208. The Bertz CT molecular complexity index is 333. The predicted molar refractivity (Wildman–Crippen MR) is 44.0 cm³/mol. The zero-order valence-electron chi connectivity index (χ0n) is 8.02. The third kappa shape index (κ3) is 2.45. The summed E-state index contributed by atoms with van der Waals surface area (Å²) < 4.78 is 44.3. The van der Waals surface area contributed by atoms with Gasteiger partial charge >= 0.3 is 6.18 Å². The minimum atomic E-state index is -4.48. The fraction of sp³-hybridized carbons (Fsp3) is 0.333. The van der Waals surface area contributed by atoms with E-state index in [9.17, 15) is 13.2 Å². The van der Waals surface area contributed by atoms with Gasteiger partial charge in [0.2, 0.25) is 0 Å². The van der Waals surface area contributed by atoms with Crippen LogP contribution in [0.1, 0.15) is 25.5 Å². The molecular formula is C9H10F3N. The highest BCUT2D eigenvalue weighted by molar-refractivity contribution is 5.27. The number of hydrogen-bond donors (Lipinski definition) is 1. The second-order valence-corrected chi connectivity index (χ2v) is 2.81. The molecule has 0 aromatic heterocycles. The number of alkyl halides is 3. The van der Waals surface area contributed by atoms with Crippen LogP contribution < -0.4 is 5.73 Å². The van der Waals surface area contributed by atoms with E-state index in [4.69, 9.17) is 7.10 Å². The lowest BCUT2D eigenvalue weighted by Crippen LogP contribution is -2.09. The SMILES string of the molecule is [2H]c1c(C(C)N)cccc1C(F)(F)F. The largest absolute Gasteiger partial charge is 0.416 e. The maximum absolute atomic E-state index is 12.3. The lowest BCUT2D eigenvalue weighted by molar-refractivity contribution is -0.137. The van der Waals surface area contributed by atoms with Gasteiger partial charge < -0.3 is 5.73 Å². The molecule has 0 aliphatic heterocycles. The van der Waals surface area contributed by atoms with E-state index < -0.39 is 23.8 Å². The lowest BCUT2D eigenvalue weighted by atomic mass is 10.1. The van der Waals surface area contributed by atoms with Crippen LogP contribution in [-0.2, 0) is 6.18 Å². The van der Waals surface area contributed by atoms with Crippen LogP contribution in [0.25, 0.3) is 0 Å². The van der Waals surface area contributed by atoms with Gasteiger partial charge in [0.1, 0.15) is 0 Å². The molecule has 1 aromatic carbocycles. The molecule has 2 N–H and O–H groups in total. The van der Waals surface area contributed by atoms with Crippen molar-refractivity contribution >= 4 is 0 Å². The lowest BCUT2D eigenvalue weighted by Gasteiger charge is -2.10. The first-order valence-electron chi connectivity index (χ1n) is 4.26. The van der Waals surface area contributed by atoms with Crippen LogP contribution in [0.5, 0.6) is 0 Å². The van der Waals surface area contributed by atoms with Crippen molar-refractivity contribution in [1.29, 1.82) is 0 Å². The molecule has 1 atom stereocenters. The normalized spacial score (nSPS) is 15.3. The molecule has 72 valence electrons. The Balaban J connectivity index is 3.28. The van der Waals surface area contributed by atoms with Crippen molar-refractivity contribution in [2.24, 2.45) is 5.73 Å². The third-order valence-electron chi connectivity index (χ3n) is 1.61.